The second-order valence-corrected chi connectivity index (χ2v) is 3.81. The van der Waals surface area contributed by atoms with Crippen molar-refractivity contribution in [3.63, 3.8) is 0 Å². The molecule has 0 saturated heterocycles. The highest BCUT2D eigenvalue weighted by Crippen LogP contribution is 2.14. The van der Waals surface area contributed by atoms with E-state index in [0.29, 0.717) is 6.54 Å². The Morgan fingerprint density at radius 3 is 2.46 bits per heavy atom. The monoisotopic (exact) mass is 199 g/mol. The molecule has 13 heavy (non-hydrogen) atoms. The first-order chi connectivity index (χ1) is 6.24. The Balaban J connectivity index is 2.73. The van der Waals surface area contributed by atoms with Crippen molar-refractivity contribution >= 4 is 11.1 Å². The number of rotatable bonds is 4. The van der Waals surface area contributed by atoms with Gasteiger partial charge in [0.25, 0.3) is 0 Å². The minimum atomic E-state index is -1.78. The third-order valence-corrected chi connectivity index (χ3v) is 2.59. The van der Waals surface area contributed by atoms with E-state index < -0.39 is 11.1 Å². The van der Waals surface area contributed by atoms with Crippen LogP contribution in [0.3, 0.4) is 0 Å². The molecule has 0 aromatic heterocycles. The Bertz CT molecular complexity index is 276. The van der Waals surface area contributed by atoms with Gasteiger partial charge in [-0.05, 0) is 5.56 Å². The van der Waals surface area contributed by atoms with Crippen molar-refractivity contribution < 1.29 is 8.76 Å². The standard InChI is InChI=1S/C9H13NO2S/c10-6-9(7-13(11)12)8-4-2-1-3-5-8/h1-5,9H,6-7,10H2,(H,11,12). The molecule has 1 aromatic rings. The predicted molar refractivity (Wildman–Crippen MR) is 53.9 cm³/mol. The molecule has 72 valence electrons. The quantitative estimate of drug-likeness (QED) is 0.710. The van der Waals surface area contributed by atoms with Gasteiger partial charge in [-0.1, -0.05) is 30.3 Å². The fourth-order valence-electron chi connectivity index (χ4n) is 1.20. The van der Waals surface area contributed by atoms with Crippen molar-refractivity contribution in [2.24, 2.45) is 5.73 Å². The summed E-state index contributed by atoms with van der Waals surface area (Å²) in [5.41, 5.74) is 6.53. The molecular weight excluding hydrogens is 186 g/mol. The van der Waals surface area contributed by atoms with E-state index in [9.17, 15) is 4.21 Å². The van der Waals surface area contributed by atoms with E-state index in [2.05, 4.69) is 0 Å². The molecule has 1 aromatic carbocycles. The molecule has 0 amide bonds. The normalized spacial score (nSPS) is 15.2. The molecule has 2 atom stereocenters. The molecule has 0 bridgehead atoms. The zero-order valence-electron chi connectivity index (χ0n) is 7.22. The van der Waals surface area contributed by atoms with Crippen molar-refractivity contribution in [1.82, 2.24) is 0 Å². The summed E-state index contributed by atoms with van der Waals surface area (Å²) in [6.07, 6.45) is 0. The van der Waals surface area contributed by atoms with Crippen molar-refractivity contribution in [2.45, 2.75) is 5.92 Å². The molecule has 4 heteroatoms. The maximum Gasteiger partial charge on any atom is 0.153 e. The third-order valence-electron chi connectivity index (χ3n) is 1.90. The minimum absolute atomic E-state index is 0.0213. The largest absolute Gasteiger partial charge is 0.330 e. The highest BCUT2D eigenvalue weighted by atomic mass is 32.2. The summed E-state index contributed by atoms with van der Waals surface area (Å²) in [5.74, 6) is 0.188. The van der Waals surface area contributed by atoms with Crippen LogP contribution in [0, 0.1) is 0 Å². The molecule has 0 radical (unpaired) electrons. The molecule has 0 aliphatic heterocycles. The number of benzene rings is 1. The van der Waals surface area contributed by atoms with Crippen LogP contribution < -0.4 is 5.73 Å². The molecule has 0 aliphatic carbocycles. The highest BCUT2D eigenvalue weighted by molar-refractivity contribution is 7.79. The van der Waals surface area contributed by atoms with Gasteiger partial charge < -0.3 is 10.3 Å². The van der Waals surface area contributed by atoms with Gasteiger partial charge in [-0.3, -0.25) is 0 Å². The summed E-state index contributed by atoms with van der Waals surface area (Å²) < 4.78 is 19.3. The van der Waals surface area contributed by atoms with Gasteiger partial charge in [0.2, 0.25) is 0 Å². The Morgan fingerprint density at radius 2 is 2.00 bits per heavy atom. The van der Waals surface area contributed by atoms with Gasteiger partial charge in [0.1, 0.15) is 0 Å². The fourth-order valence-corrected chi connectivity index (χ4v) is 1.87. The number of nitrogens with two attached hydrogens (primary N) is 1. The van der Waals surface area contributed by atoms with E-state index in [1.54, 1.807) is 0 Å². The SMILES string of the molecule is NCC(CS(=O)O)c1ccccc1. The average Bonchev–Trinajstić information content (AvgIpc) is 2.15. The van der Waals surface area contributed by atoms with Crippen LogP contribution in [-0.2, 0) is 11.1 Å². The van der Waals surface area contributed by atoms with E-state index >= 15 is 0 Å². The second-order valence-electron chi connectivity index (χ2n) is 2.83. The van der Waals surface area contributed by atoms with Crippen LogP contribution in [-0.4, -0.2) is 21.1 Å². The number of hydrogen-bond acceptors (Lipinski definition) is 2. The smallest absolute Gasteiger partial charge is 0.153 e. The van der Waals surface area contributed by atoms with Crippen LogP contribution in [0.25, 0.3) is 0 Å². The van der Waals surface area contributed by atoms with Crippen molar-refractivity contribution in [3.05, 3.63) is 35.9 Å². The van der Waals surface area contributed by atoms with Gasteiger partial charge in [0, 0.05) is 12.5 Å². The summed E-state index contributed by atoms with van der Waals surface area (Å²) in [7, 11) is 0. The van der Waals surface area contributed by atoms with E-state index in [1.807, 2.05) is 30.3 Å². The Labute approximate surface area is 80.2 Å². The van der Waals surface area contributed by atoms with E-state index in [0.717, 1.165) is 5.56 Å². The van der Waals surface area contributed by atoms with Gasteiger partial charge in [-0.2, -0.15) is 0 Å². The average molecular weight is 199 g/mol. The summed E-state index contributed by atoms with van der Waals surface area (Å²) in [6, 6.07) is 9.55. The van der Waals surface area contributed by atoms with E-state index in [1.165, 1.54) is 0 Å². The summed E-state index contributed by atoms with van der Waals surface area (Å²) in [5, 5.41) is 0. The zero-order valence-corrected chi connectivity index (χ0v) is 8.04. The maximum atomic E-state index is 10.6. The lowest BCUT2D eigenvalue weighted by atomic mass is 10.0. The molecule has 0 aliphatic rings. The van der Waals surface area contributed by atoms with Crippen LogP contribution >= 0.6 is 0 Å². The molecule has 3 N–H and O–H groups in total. The first-order valence-electron chi connectivity index (χ1n) is 4.06. The maximum absolute atomic E-state index is 10.6. The summed E-state index contributed by atoms with van der Waals surface area (Å²) in [4.78, 5) is 0. The molecule has 0 fully saturated rings. The van der Waals surface area contributed by atoms with Crippen LogP contribution in [0.5, 0.6) is 0 Å². The first-order valence-corrected chi connectivity index (χ1v) is 5.34. The molecule has 0 saturated carbocycles. The third kappa shape index (κ3) is 3.26. The second kappa shape index (κ2) is 5.11. The lowest BCUT2D eigenvalue weighted by Gasteiger charge is -2.12. The van der Waals surface area contributed by atoms with Crippen LogP contribution in [0.4, 0.5) is 0 Å². The first kappa shape index (κ1) is 10.4. The van der Waals surface area contributed by atoms with Crippen molar-refractivity contribution in [2.75, 3.05) is 12.3 Å². The molecule has 3 nitrogen and oxygen atoms in total. The minimum Gasteiger partial charge on any atom is -0.330 e. The van der Waals surface area contributed by atoms with Crippen molar-refractivity contribution in [1.29, 1.82) is 0 Å². The lowest BCUT2D eigenvalue weighted by Crippen LogP contribution is -2.18. The van der Waals surface area contributed by atoms with E-state index in [-0.39, 0.29) is 11.7 Å². The van der Waals surface area contributed by atoms with Crippen LogP contribution in [0.2, 0.25) is 0 Å². The summed E-state index contributed by atoms with van der Waals surface area (Å²) in [6.45, 7) is 0.399. The Kier molecular flexibility index (Phi) is 4.08. The molecule has 0 spiro atoms. The number of hydrogen-bond donors (Lipinski definition) is 2. The molecule has 1 rings (SSSR count). The van der Waals surface area contributed by atoms with Gasteiger partial charge in [-0.25, -0.2) is 4.21 Å². The molecule has 0 heterocycles. The molecular formula is C9H13NO2S. The van der Waals surface area contributed by atoms with Gasteiger partial charge in [0.05, 0.1) is 5.75 Å². The van der Waals surface area contributed by atoms with Gasteiger partial charge >= 0.3 is 0 Å². The topological polar surface area (TPSA) is 63.3 Å². The van der Waals surface area contributed by atoms with Crippen molar-refractivity contribution in [3.8, 4) is 0 Å². The lowest BCUT2D eigenvalue weighted by molar-refractivity contribution is 0.556. The van der Waals surface area contributed by atoms with Crippen LogP contribution in [0.15, 0.2) is 30.3 Å². The predicted octanol–water partition coefficient (Wildman–Crippen LogP) is 0.951. The zero-order chi connectivity index (χ0) is 9.68. The van der Waals surface area contributed by atoms with Gasteiger partial charge in [0.15, 0.2) is 11.1 Å². The summed E-state index contributed by atoms with van der Waals surface area (Å²) >= 11 is -1.78. The Hall–Kier alpha value is -0.710. The fraction of sp³-hybridized carbons (Fsp3) is 0.333. The van der Waals surface area contributed by atoms with Crippen LogP contribution in [0.1, 0.15) is 11.5 Å². The Morgan fingerprint density at radius 1 is 1.38 bits per heavy atom. The highest BCUT2D eigenvalue weighted by Gasteiger charge is 2.11. The van der Waals surface area contributed by atoms with E-state index in [4.69, 9.17) is 10.3 Å². The van der Waals surface area contributed by atoms with Gasteiger partial charge in [-0.15, -0.1) is 0 Å². The molecule has 2 unspecified atom stereocenters.